The zero-order chi connectivity index (χ0) is 17.6. The molecule has 0 atom stereocenters. The van der Waals surface area contributed by atoms with E-state index >= 15 is 0 Å². The van der Waals surface area contributed by atoms with E-state index in [0.29, 0.717) is 6.54 Å². The average molecular weight is 348 g/mol. The summed E-state index contributed by atoms with van der Waals surface area (Å²) in [4.78, 5) is 32.9. The number of pyridine rings is 1. The van der Waals surface area contributed by atoms with Gasteiger partial charge in [0, 0.05) is 18.9 Å². The first-order valence-corrected chi connectivity index (χ1v) is 9.08. The molecule has 1 amide bonds. The van der Waals surface area contributed by atoms with Crippen LogP contribution in [0, 0.1) is 5.92 Å². The maximum atomic E-state index is 12.6. The van der Waals surface area contributed by atoms with Crippen LogP contribution in [0.2, 0.25) is 0 Å². The van der Waals surface area contributed by atoms with Crippen LogP contribution in [-0.2, 0) is 14.3 Å². The quantitative estimate of drug-likeness (QED) is 0.681. The van der Waals surface area contributed by atoms with Gasteiger partial charge in [-0.15, -0.1) is 0 Å². The van der Waals surface area contributed by atoms with Gasteiger partial charge in [0.15, 0.2) is 6.54 Å². The highest BCUT2D eigenvalue weighted by Crippen LogP contribution is 2.12. The van der Waals surface area contributed by atoms with Gasteiger partial charge in [0.1, 0.15) is 13.1 Å². The smallest absolute Gasteiger partial charge is 0.309 e. The van der Waals surface area contributed by atoms with Gasteiger partial charge in [-0.3, -0.25) is 14.5 Å². The lowest BCUT2D eigenvalue weighted by Gasteiger charge is -2.33. The number of likely N-dealkylation sites (tertiary alicyclic amines) is 1. The molecule has 0 saturated carbocycles. The zero-order valence-corrected chi connectivity index (χ0v) is 14.9. The molecule has 2 N–H and O–H groups in total. The molecule has 0 spiro atoms. The third kappa shape index (κ3) is 4.48. The second-order valence-corrected chi connectivity index (χ2v) is 6.84. The number of aromatic nitrogens is 1. The molecule has 1 aromatic heterocycles. The molecule has 2 fully saturated rings. The first-order valence-electron chi connectivity index (χ1n) is 9.08. The number of carbonyl (C=O) groups excluding carboxylic acids is 2. The summed E-state index contributed by atoms with van der Waals surface area (Å²) in [5.74, 6) is 1.22. The van der Waals surface area contributed by atoms with Crippen LogP contribution in [0.15, 0.2) is 24.4 Å². The van der Waals surface area contributed by atoms with E-state index in [9.17, 15) is 9.59 Å². The van der Waals surface area contributed by atoms with Crippen molar-refractivity contribution in [3.8, 4) is 0 Å². The summed E-state index contributed by atoms with van der Waals surface area (Å²) in [6.07, 6.45) is 3.55. The number of hydrogen-bond acceptors (Lipinski definition) is 4. The number of nitrogens with zero attached hydrogens (tertiary/aromatic N) is 2. The van der Waals surface area contributed by atoms with E-state index in [1.54, 1.807) is 0 Å². The molecule has 3 rings (SSSR count). The number of aromatic amines is 1. The van der Waals surface area contributed by atoms with Gasteiger partial charge in [0.25, 0.3) is 11.7 Å². The summed E-state index contributed by atoms with van der Waals surface area (Å²) in [6, 6.07) is 6.05. The van der Waals surface area contributed by atoms with Crippen molar-refractivity contribution >= 4 is 17.7 Å². The lowest BCUT2D eigenvalue weighted by atomic mass is 9.97. The topological polar surface area (TPSA) is 68.4 Å². The Morgan fingerprint density at radius 3 is 2.52 bits per heavy atom. The number of esters is 1. The van der Waals surface area contributed by atoms with Crippen LogP contribution in [0.4, 0.5) is 5.82 Å². The van der Waals surface area contributed by atoms with Crippen molar-refractivity contribution in [2.75, 3.05) is 57.8 Å². The predicted octanol–water partition coefficient (Wildman–Crippen LogP) is -1.38. The Morgan fingerprint density at radius 1 is 1.20 bits per heavy atom. The highest BCUT2D eigenvalue weighted by molar-refractivity contribution is 5.77. The van der Waals surface area contributed by atoms with Crippen molar-refractivity contribution < 1.29 is 24.2 Å². The molecule has 2 aliphatic rings. The van der Waals surface area contributed by atoms with Gasteiger partial charge in [-0.25, -0.2) is 4.98 Å². The molecule has 3 heterocycles. The lowest BCUT2D eigenvalue weighted by Crippen LogP contribution is -3.14. The molecule has 25 heavy (non-hydrogen) atoms. The number of rotatable bonds is 4. The van der Waals surface area contributed by atoms with E-state index in [1.807, 2.05) is 23.2 Å². The van der Waals surface area contributed by atoms with E-state index < -0.39 is 0 Å². The maximum Gasteiger partial charge on any atom is 0.309 e. The van der Waals surface area contributed by atoms with Crippen molar-refractivity contribution in [1.29, 1.82) is 0 Å². The molecule has 2 saturated heterocycles. The minimum absolute atomic E-state index is 0.00881. The van der Waals surface area contributed by atoms with Crippen LogP contribution in [0.1, 0.15) is 12.8 Å². The first-order chi connectivity index (χ1) is 12.2. The van der Waals surface area contributed by atoms with E-state index in [4.69, 9.17) is 4.74 Å². The summed E-state index contributed by atoms with van der Waals surface area (Å²) < 4.78 is 4.82. The minimum Gasteiger partial charge on any atom is -0.469 e. The fourth-order valence-electron chi connectivity index (χ4n) is 3.71. The molecule has 0 unspecified atom stereocenters. The molecule has 7 heteroatoms. The third-order valence-corrected chi connectivity index (χ3v) is 5.29. The van der Waals surface area contributed by atoms with Crippen LogP contribution < -0.4 is 14.8 Å². The van der Waals surface area contributed by atoms with Gasteiger partial charge in [-0.1, -0.05) is 6.07 Å². The summed E-state index contributed by atoms with van der Waals surface area (Å²) in [6.45, 7) is 5.50. The van der Waals surface area contributed by atoms with Crippen LogP contribution in [-0.4, -0.2) is 69.7 Å². The van der Waals surface area contributed by atoms with Gasteiger partial charge < -0.3 is 14.5 Å². The summed E-state index contributed by atoms with van der Waals surface area (Å²) in [7, 11) is 1.44. The number of ether oxygens (including phenoxy) is 1. The molecule has 0 aliphatic carbocycles. The largest absolute Gasteiger partial charge is 0.469 e. The number of piperidine rings is 1. The van der Waals surface area contributed by atoms with E-state index in [1.165, 1.54) is 12.0 Å². The second kappa shape index (κ2) is 8.29. The highest BCUT2D eigenvalue weighted by atomic mass is 16.5. The van der Waals surface area contributed by atoms with Crippen molar-refractivity contribution in [2.45, 2.75) is 12.8 Å². The Kier molecular flexibility index (Phi) is 5.86. The molecule has 136 valence electrons. The van der Waals surface area contributed by atoms with Gasteiger partial charge in [-0.05, 0) is 6.07 Å². The number of piperazine rings is 1. The van der Waals surface area contributed by atoms with E-state index in [2.05, 4.69) is 16.0 Å². The lowest BCUT2D eigenvalue weighted by molar-refractivity contribution is -0.898. The van der Waals surface area contributed by atoms with Gasteiger partial charge in [-0.2, -0.15) is 0 Å². The first kappa shape index (κ1) is 17.7. The second-order valence-electron chi connectivity index (χ2n) is 6.84. The number of H-pyrrole nitrogens is 1. The summed E-state index contributed by atoms with van der Waals surface area (Å²) >= 11 is 0. The number of methoxy groups -OCH3 is 1. The maximum absolute atomic E-state index is 12.6. The molecular formula is C18H28N4O3+2. The third-order valence-electron chi connectivity index (χ3n) is 5.29. The summed E-state index contributed by atoms with van der Waals surface area (Å²) in [5.41, 5.74) is 0. The Morgan fingerprint density at radius 2 is 1.92 bits per heavy atom. The highest BCUT2D eigenvalue weighted by Gasteiger charge is 2.32. The van der Waals surface area contributed by atoms with Crippen molar-refractivity contribution in [3.63, 3.8) is 0 Å². The minimum atomic E-state index is -0.112. The Hall–Kier alpha value is -2.15. The summed E-state index contributed by atoms with van der Waals surface area (Å²) in [5, 5.41) is 0. The molecule has 0 radical (unpaired) electrons. The number of nitrogens with one attached hydrogen (secondary N) is 2. The number of hydrogen-bond donors (Lipinski definition) is 1. The Balaban J connectivity index is 1.42. The van der Waals surface area contributed by atoms with Crippen molar-refractivity contribution in [1.82, 2.24) is 4.90 Å². The SMILES string of the molecule is COC(=O)C1CC[NH+](CC(=O)N2CCN(c3cccc[nH+]3)CC2)CC1. The number of anilines is 1. The van der Waals surface area contributed by atoms with Gasteiger partial charge >= 0.3 is 5.97 Å². The fourth-order valence-corrected chi connectivity index (χ4v) is 3.71. The zero-order valence-electron chi connectivity index (χ0n) is 14.9. The van der Waals surface area contributed by atoms with Gasteiger partial charge in [0.2, 0.25) is 0 Å². The van der Waals surface area contributed by atoms with Gasteiger partial charge in [0.05, 0.1) is 45.4 Å². The van der Waals surface area contributed by atoms with Crippen molar-refractivity contribution in [3.05, 3.63) is 24.4 Å². The van der Waals surface area contributed by atoms with Crippen molar-refractivity contribution in [2.24, 2.45) is 5.92 Å². The normalized spacial score (nSPS) is 24.0. The van der Waals surface area contributed by atoms with Crippen LogP contribution >= 0.6 is 0 Å². The molecule has 7 nitrogen and oxygen atoms in total. The molecule has 1 aromatic rings. The Bertz CT molecular complexity index is 579. The van der Waals surface area contributed by atoms with Crippen LogP contribution in [0.3, 0.4) is 0 Å². The molecule has 0 aromatic carbocycles. The number of carbonyl (C=O) groups is 2. The molecule has 2 aliphatic heterocycles. The molecule has 0 bridgehead atoms. The Labute approximate surface area is 148 Å². The molecular weight excluding hydrogens is 320 g/mol. The monoisotopic (exact) mass is 348 g/mol. The standard InChI is InChI=1S/C18H26N4O3/c1-25-18(24)15-5-8-20(9-6-15)14-17(23)22-12-10-21(11-13-22)16-4-2-3-7-19-16/h2-4,7,15H,5-6,8-14H2,1H3/p+2. The van der Waals surface area contributed by atoms with E-state index in [-0.39, 0.29) is 17.8 Å². The van der Waals surface area contributed by atoms with Crippen LogP contribution in [0.25, 0.3) is 0 Å². The average Bonchev–Trinajstić information content (AvgIpc) is 2.68. The number of amides is 1. The van der Waals surface area contributed by atoms with Crippen LogP contribution in [0.5, 0.6) is 0 Å². The van der Waals surface area contributed by atoms with E-state index in [0.717, 1.165) is 57.9 Å². The number of quaternary nitrogens is 1. The predicted molar refractivity (Wildman–Crippen MR) is 92.1 cm³/mol. The fraction of sp³-hybridized carbons (Fsp3) is 0.611.